The lowest BCUT2D eigenvalue weighted by Crippen LogP contribution is -2.32. The molecule has 0 unspecified atom stereocenters. The third-order valence-corrected chi connectivity index (χ3v) is 3.49. The van der Waals surface area contributed by atoms with Gasteiger partial charge in [0.2, 0.25) is 5.91 Å². The van der Waals surface area contributed by atoms with Gasteiger partial charge in [0.25, 0.3) is 0 Å². The second-order valence-corrected chi connectivity index (χ2v) is 6.32. The Kier molecular flexibility index (Phi) is 6.40. The van der Waals surface area contributed by atoms with E-state index in [2.05, 4.69) is 12.1 Å². The third-order valence-electron chi connectivity index (χ3n) is 3.49. The van der Waals surface area contributed by atoms with E-state index in [0.29, 0.717) is 6.54 Å². The van der Waals surface area contributed by atoms with E-state index >= 15 is 0 Å². The highest BCUT2D eigenvalue weighted by molar-refractivity contribution is 5.77. The zero-order valence-corrected chi connectivity index (χ0v) is 13.1. The van der Waals surface area contributed by atoms with Crippen LogP contribution in [0.4, 0.5) is 0 Å². The van der Waals surface area contributed by atoms with E-state index < -0.39 is 11.4 Å². The highest BCUT2D eigenvalue weighted by Gasteiger charge is 2.26. The quantitative estimate of drug-likeness (QED) is 0.801. The highest BCUT2D eigenvalue weighted by atomic mass is 16.4. The van der Waals surface area contributed by atoms with Crippen LogP contribution >= 0.6 is 0 Å². The lowest BCUT2D eigenvalue weighted by atomic mass is 9.85. The molecular formula is C17H25NO3. The summed E-state index contributed by atoms with van der Waals surface area (Å²) >= 11 is 0. The summed E-state index contributed by atoms with van der Waals surface area (Å²) in [5, 5.41) is 8.84. The number of aliphatic carboxylic acids is 1. The van der Waals surface area contributed by atoms with Crippen LogP contribution in [-0.4, -0.2) is 35.5 Å². The monoisotopic (exact) mass is 291 g/mol. The highest BCUT2D eigenvalue weighted by Crippen LogP contribution is 2.25. The summed E-state index contributed by atoms with van der Waals surface area (Å²) in [4.78, 5) is 24.6. The van der Waals surface area contributed by atoms with E-state index in [9.17, 15) is 9.59 Å². The Bertz CT molecular complexity index is 468. The SMILES string of the molecule is CN(CCCc1ccccc1)C(=O)CC(C)(C)CC(=O)O. The number of hydrogen-bond donors (Lipinski definition) is 1. The molecule has 1 rings (SSSR count). The number of carboxylic acid groups (broad SMARTS) is 1. The minimum absolute atomic E-state index is 0.00862. The van der Waals surface area contributed by atoms with Gasteiger partial charge in [0.05, 0.1) is 6.42 Å². The van der Waals surface area contributed by atoms with Gasteiger partial charge in [-0.05, 0) is 23.8 Å². The number of benzene rings is 1. The summed E-state index contributed by atoms with van der Waals surface area (Å²) in [6, 6.07) is 10.2. The number of carbonyl (C=O) groups is 2. The molecule has 1 aromatic rings. The molecule has 1 amide bonds. The minimum atomic E-state index is -0.862. The van der Waals surface area contributed by atoms with Crippen LogP contribution in [0.3, 0.4) is 0 Å². The fraction of sp³-hybridized carbons (Fsp3) is 0.529. The zero-order valence-electron chi connectivity index (χ0n) is 13.1. The molecule has 4 nitrogen and oxygen atoms in total. The van der Waals surface area contributed by atoms with Gasteiger partial charge in [-0.25, -0.2) is 0 Å². The normalized spacial score (nSPS) is 11.2. The Morgan fingerprint density at radius 2 is 1.76 bits per heavy atom. The van der Waals surface area contributed by atoms with Crippen LogP contribution in [0.15, 0.2) is 30.3 Å². The molecule has 0 aliphatic carbocycles. The maximum Gasteiger partial charge on any atom is 0.303 e. The van der Waals surface area contributed by atoms with Gasteiger partial charge in [-0.15, -0.1) is 0 Å². The molecule has 4 heteroatoms. The van der Waals surface area contributed by atoms with Gasteiger partial charge in [-0.2, -0.15) is 0 Å². The molecule has 0 saturated carbocycles. The first kappa shape index (κ1) is 17.2. The zero-order chi connectivity index (χ0) is 15.9. The van der Waals surface area contributed by atoms with Crippen LogP contribution in [0.2, 0.25) is 0 Å². The van der Waals surface area contributed by atoms with Crippen LogP contribution in [-0.2, 0) is 16.0 Å². The van der Waals surface area contributed by atoms with Gasteiger partial charge < -0.3 is 10.0 Å². The summed E-state index contributed by atoms with van der Waals surface area (Å²) in [5.74, 6) is -0.853. The number of nitrogens with zero attached hydrogens (tertiary/aromatic N) is 1. The fourth-order valence-corrected chi connectivity index (χ4v) is 2.31. The van der Waals surface area contributed by atoms with E-state index in [1.807, 2.05) is 32.0 Å². The first-order valence-electron chi connectivity index (χ1n) is 7.30. The second-order valence-electron chi connectivity index (χ2n) is 6.32. The van der Waals surface area contributed by atoms with Crippen molar-refractivity contribution >= 4 is 11.9 Å². The minimum Gasteiger partial charge on any atom is -0.481 e. The Morgan fingerprint density at radius 1 is 1.14 bits per heavy atom. The lowest BCUT2D eigenvalue weighted by molar-refractivity contribution is -0.140. The number of carbonyl (C=O) groups excluding carboxylic acids is 1. The van der Waals surface area contributed by atoms with Crippen molar-refractivity contribution in [3.05, 3.63) is 35.9 Å². The first-order chi connectivity index (χ1) is 9.80. The molecule has 0 aromatic heterocycles. The molecule has 0 fully saturated rings. The van der Waals surface area contributed by atoms with E-state index in [-0.39, 0.29) is 18.7 Å². The molecular weight excluding hydrogens is 266 g/mol. The largest absolute Gasteiger partial charge is 0.481 e. The van der Waals surface area contributed by atoms with Crippen molar-refractivity contribution in [3.63, 3.8) is 0 Å². The van der Waals surface area contributed by atoms with Crippen molar-refractivity contribution in [2.75, 3.05) is 13.6 Å². The maximum atomic E-state index is 12.1. The van der Waals surface area contributed by atoms with Crippen molar-refractivity contribution in [3.8, 4) is 0 Å². The smallest absolute Gasteiger partial charge is 0.303 e. The Hall–Kier alpha value is -1.84. The average Bonchev–Trinajstić information content (AvgIpc) is 2.37. The predicted molar refractivity (Wildman–Crippen MR) is 83.1 cm³/mol. The molecule has 116 valence electrons. The van der Waals surface area contributed by atoms with Crippen molar-refractivity contribution in [2.24, 2.45) is 5.41 Å². The molecule has 0 aliphatic heterocycles. The molecule has 0 saturated heterocycles. The van der Waals surface area contributed by atoms with Gasteiger partial charge in [0, 0.05) is 20.0 Å². The first-order valence-corrected chi connectivity index (χ1v) is 7.30. The van der Waals surface area contributed by atoms with E-state index in [4.69, 9.17) is 5.11 Å². The molecule has 0 bridgehead atoms. The summed E-state index contributed by atoms with van der Waals surface area (Å²) in [6.45, 7) is 4.32. The van der Waals surface area contributed by atoms with Gasteiger partial charge >= 0.3 is 5.97 Å². The van der Waals surface area contributed by atoms with Crippen LogP contribution < -0.4 is 0 Å². The van der Waals surface area contributed by atoms with Crippen molar-refractivity contribution in [2.45, 2.75) is 39.5 Å². The van der Waals surface area contributed by atoms with E-state index in [0.717, 1.165) is 12.8 Å². The van der Waals surface area contributed by atoms with Crippen LogP contribution in [0, 0.1) is 5.41 Å². The van der Waals surface area contributed by atoms with Crippen LogP contribution in [0.5, 0.6) is 0 Å². The van der Waals surface area contributed by atoms with E-state index in [1.54, 1.807) is 11.9 Å². The average molecular weight is 291 g/mol. The predicted octanol–water partition coefficient (Wildman–Crippen LogP) is 2.97. The lowest BCUT2D eigenvalue weighted by Gasteiger charge is -2.25. The van der Waals surface area contributed by atoms with Gasteiger partial charge in [-0.1, -0.05) is 44.2 Å². The molecule has 1 aromatic carbocycles. The Balaban J connectivity index is 2.36. The molecule has 1 N–H and O–H groups in total. The summed E-state index contributed by atoms with van der Waals surface area (Å²) in [5.41, 5.74) is 0.765. The fourth-order valence-electron chi connectivity index (χ4n) is 2.31. The Morgan fingerprint density at radius 3 is 2.33 bits per heavy atom. The number of carboxylic acids is 1. The number of hydrogen-bond acceptors (Lipinski definition) is 2. The number of rotatable bonds is 8. The molecule has 21 heavy (non-hydrogen) atoms. The number of amides is 1. The third kappa shape index (κ3) is 6.93. The topological polar surface area (TPSA) is 57.6 Å². The van der Waals surface area contributed by atoms with Crippen molar-refractivity contribution < 1.29 is 14.7 Å². The molecule has 0 aliphatic rings. The molecule has 0 spiro atoms. The van der Waals surface area contributed by atoms with E-state index in [1.165, 1.54) is 5.56 Å². The summed E-state index contributed by atoms with van der Waals surface area (Å²) in [7, 11) is 1.78. The molecule has 0 atom stereocenters. The van der Waals surface area contributed by atoms with Crippen molar-refractivity contribution in [1.29, 1.82) is 0 Å². The second kappa shape index (κ2) is 7.81. The summed E-state index contributed by atoms with van der Waals surface area (Å²) < 4.78 is 0. The molecule has 0 radical (unpaired) electrons. The van der Waals surface area contributed by atoms with Crippen LogP contribution in [0.25, 0.3) is 0 Å². The Labute approximate surface area is 126 Å². The van der Waals surface area contributed by atoms with Gasteiger partial charge in [-0.3, -0.25) is 9.59 Å². The number of aryl methyl sites for hydroxylation is 1. The standard InChI is InChI=1S/C17H25NO3/c1-17(2,13-16(20)21)12-15(19)18(3)11-7-10-14-8-5-4-6-9-14/h4-6,8-9H,7,10-13H2,1-3H3,(H,20,21). The van der Waals surface area contributed by atoms with Gasteiger partial charge in [0.1, 0.15) is 0 Å². The molecule has 0 heterocycles. The summed E-state index contributed by atoms with van der Waals surface area (Å²) in [6.07, 6.45) is 2.13. The van der Waals surface area contributed by atoms with Gasteiger partial charge in [0.15, 0.2) is 0 Å². The van der Waals surface area contributed by atoms with Crippen LogP contribution in [0.1, 0.15) is 38.7 Å². The maximum absolute atomic E-state index is 12.1. The van der Waals surface area contributed by atoms with Crippen molar-refractivity contribution in [1.82, 2.24) is 4.90 Å².